The highest BCUT2D eigenvalue weighted by Gasteiger charge is 2.35. The first kappa shape index (κ1) is 10.4. The van der Waals surface area contributed by atoms with E-state index in [9.17, 15) is 0 Å². The third-order valence-electron chi connectivity index (χ3n) is 3.81. The first-order valence-electron chi connectivity index (χ1n) is 6.11. The zero-order chi connectivity index (χ0) is 11.9. The Hall–Kier alpha value is -1.76. The molecule has 1 aliphatic heterocycles. The topological polar surface area (TPSA) is 12.0 Å². The number of aryl methyl sites for hydroxylation is 1. The molecule has 0 radical (unpaired) electrons. The fourth-order valence-corrected chi connectivity index (χ4v) is 2.73. The predicted octanol–water partition coefficient (Wildman–Crippen LogP) is 3.73. The Morgan fingerprint density at radius 2 is 1.88 bits per heavy atom. The van der Waals surface area contributed by atoms with Crippen molar-refractivity contribution in [2.45, 2.75) is 19.3 Å². The molecule has 2 aromatic rings. The third kappa shape index (κ3) is 1.54. The maximum Gasteiger partial charge on any atom is 0.0382 e. The predicted molar refractivity (Wildman–Crippen MR) is 72.6 cm³/mol. The largest absolute Gasteiger partial charge is 0.384 e. The van der Waals surface area contributed by atoms with E-state index in [2.05, 4.69) is 67.7 Å². The minimum atomic E-state index is 0.0998. The van der Waals surface area contributed by atoms with Gasteiger partial charge in [-0.3, -0.25) is 0 Å². The van der Waals surface area contributed by atoms with Crippen LogP contribution in [-0.4, -0.2) is 6.54 Å². The van der Waals surface area contributed by atoms with Gasteiger partial charge in [-0.1, -0.05) is 48.0 Å². The molecule has 3 rings (SSSR count). The lowest BCUT2D eigenvalue weighted by Gasteiger charge is -2.25. The smallest absolute Gasteiger partial charge is 0.0382 e. The number of hydrogen-bond donors (Lipinski definition) is 1. The molecule has 1 heteroatoms. The van der Waals surface area contributed by atoms with E-state index in [1.54, 1.807) is 0 Å². The van der Waals surface area contributed by atoms with Gasteiger partial charge in [0.25, 0.3) is 0 Å². The number of rotatable bonds is 1. The Balaban J connectivity index is 2.15. The molecule has 1 nitrogen and oxygen atoms in total. The van der Waals surface area contributed by atoms with Crippen LogP contribution in [0.2, 0.25) is 0 Å². The minimum absolute atomic E-state index is 0.0998. The van der Waals surface area contributed by atoms with Crippen LogP contribution >= 0.6 is 0 Å². The van der Waals surface area contributed by atoms with Crippen molar-refractivity contribution in [1.29, 1.82) is 0 Å². The van der Waals surface area contributed by atoms with Crippen LogP contribution in [0, 0.1) is 6.92 Å². The molecule has 1 heterocycles. The molecule has 86 valence electrons. The highest BCUT2D eigenvalue weighted by atomic mass is 14.9. The van der Waals surface area contributed by atoms with E-state index < -0.39 is 0 Å². The summed E-state index contributed by atoms with van der Waals surface area (Å²) in [6.45, 7) is 5.46. The monoisotopic (exact) mass is 223 g/mol. The third-order valence-corrected chi connectivity index (χ3v) is 3.81. The van der Waals surface area contributed by atoms with Crippen LogP contribution in [0.4, 0.5) is 5.69 Å². The summed E-state index contributed by atoms with van der Waals surface area (Å²) in [7, 11) is 0. The lowest BCUT2D eigenvalue weighted by Crippen LogP contribution is -2.25. The second-order valence-corrected chi connectivity index (χ2v) is 5.10. The van der Waals surface area contributed by atoms with Crippen LogP contribution < -0.4 is 5.32 Å². The molecule has 0 saturated heterocycles. The molecule has 0 bridgehead atoms. The van der Waals surface area contributed by atoms with E-state index in [1.807, 2.05) is 0 Å². The van der Waals surface area contributed by atoms with Gasteiger partial charge in [0.15, 0.2) is 0 Å². The molecule has 1 atom stereocenters. The van der Waals surface area contributed by atoms with Crippen molar-refractivity contribution in [3.63, 3.8) is 0 Å². The number of para-hydroxylation sites is 1. The van der Waals surface area contributed by atoms with Crippen molar-refractivity contribution in [3.05, 3.63) is 65.2 Å². The lowest BCUT2D eigenvalue weighted by molar-refractivity contribution is 0.635. The van der Waals surface area contributed by atoms with Crippen LogP contribution in [0.5, 0.6) is 0 Å². The zero-order valence-corrected chi connectivity index (χ0v) is 10.3. The highest BCUT2D eigenvalue weighted by molar-refractivity contribution is 5.63. The molecular weight excluding hydrogens is 206 g/mol. The Morgan fingerprint density at radius 1 is 1.06 bits per heavy atom. The summed E-state index contributed by atoms with van der Waals surface area (Å²) in [6.07, 6.45) is 0. The van der Waals surface area contributed by atoms with Crippen LogP contribution in [0.25, 0.3) is 0 Å². The summed E-state index contributed by atoms with van der Waals surface area (Å²) in [4.78, 5) is 0. The molecule has 0 aromatic heterocycles. The Morgan fingerprint density at radius 3 is 2.71 bits per heavy atom. The molecule has 1 unspecified atom stereocenters. The molecule has 17 heavy (non-hydrogen) atoms. The Kier molecular flexibility index (Phi) is 2.22. The van der Waals surface area contributed by atoms with Crippen molar-refractivity contribution in [3.8, 4) is 0 Å². The average molecular weight is 223 g/mol. The van der Waals surface area contributed by atoms with E-state index in [4.69, 9.17) is 0 Å². The SMILES string of the molecule is Cc1cccc(C2(C)CNc3ccccc32)c1. The molecule has 0 spiro atoms. The van der Waals surface area contributed by atoms with E-state index in [-0.39, 0.29) is 5.41 Å². The van der Waals surface area contributed by atoms with Crippen molar-refractivity contribution < 1.29 is 0 Å². The van der Waals surface area contributed by atoms with Gasteiger partial charge in [-0.2, -0.15) is 0 Å². The number of hydrogen-bond acceptors (Lipinski definition) is 1. The first-order valence-corrected chi connectivity index (χ1v) is 6.11. The number of benzene rings is 2. The van der Waals surface area contributed by atoms with Crippen molar-refractivity contribution >= 4 is 5.69 Å². The quantitative estimate of drug-likeness (QED) is 0.776. The summed E-state index contributed by atoms with van der Waals surface area (Å²) in [5, 5.41) is 3.51. The van der Waals surface area contributed by atoms with Gasteiger partial charge in [0, 0.05) is 17.6 Å². The van der Waals surface area contributed by atoms with Gasteiger partial charge in [0.05, 0.1) is 0 Å². The summed E-state index contributed by atoms with van der Waals surface area (Å²) in [6, 6.07) is 17.4. The second-order valence-electron chi connectivity index (χ2n) is 5.10. The Labute approximate surface area is 102 Å². The molecule has 0 aliphatic carbocycles. The molecule has 2 aromatic carbocycles. The maximum atomic E-state index is 3.51. The van der Waals surface area contributed by atoms with Crippen molar-refractivity contribution in [2.24, 2.45) is 0 Å². The van der Waals surface area contributed by atoms with Gasteiger partial charge in [0.2, 0.25) is 0 Å². The molecule has 0 saturated carbocycles. The van der Waals surface area contributed by atoms with Gasteiger partial charge >= 0.3 is 0 Å². The maximum absolute atomic E-state index is 3.51. The van der Waals surface area contributed by atoms with E-state index >= 15 is 0 Å². The van der Waals surface area contributed by atoms with Gasteiger partial charge in [-0.05, 0) is 31.0 Å². The van der Waals surface area contributed by atoms with Gasteiger partial charge in [-0.25, -0.2) is 0 Å². The highest BCUT2D eigenvalue weighted by Crippen LogP contribution is 2.41. The fourth-order valence-electron chi connectivity index (χ4n) is 2.73. The van der Waals surface area contributed by atoms with E-state index in [0.717, 1.165) is 6.54 Å². The van der Waals surface area contributed by atoms with E-state index in [1.165, 1.54) is 22.4 Å². The van der Waals surface area contributed by atoms with E-state index in [0.29, 0.717) is 0 Å². The summed E-state index contributed by atoms with van der Waals surface area (Å²) >= 11 is 0. The normalized spacial score (nSPS) is 22.0. The van der Waals surface area contributed by atoms with Crippen LogP contribution in [0.15, 0.2) is 48.5 Å². The summed E-state index contributed by atoms with van der Waals surface area (Å²) < 4.78 is 0. The van der Waals surface area contributed by atoms with Crippen LogP contribution in [0.3, 0.4) is 0 Å². The fraction of sp³-hybridized carbons (Fsp3) is 0.250. The molecule has 1 N–H and O–H groups in total. The lowest BCUT2D eigenvalue weighted by atomic mass is 9.77. The van der Waals surface area contributed by atoms with Gasteiger partial charge in [0.1, 0.15) is 0 Å². The van der Waals surface area contributed by atoms with Crippen LogP contribution in [0.1, 0.15) is 23.6 Å². The average Bonchev–Trinajstić information content (AvgIpc) is 2.69. The molecule has 0 amide bonds. The van der Waals surface area contributed by atoms with Crippen molar-refractivity contribution in [2.75, 3.05) is 11.9 Å². The van der Waals surface area contributed by atoms with Crippen molar-refractivity contribution in [1.82, 2.24) is 0 Å². The number of fused-ring (bicyclic) bond motifs is 1. The zero-order valence-electron chi connectivity index (χ0n) is 10.3. The molecular formula is C16H17N. The molecule has 1 aliphatic rings. The molecule has 0 fully saturated rings. The summed E-state index contributed by atoms with van der Waals surface area (Å²) in [5.41, 5.74) is 5.51. The Bertz CT molecular complexity index is 559. The van der Waals surface area contributed by atoms with Crippen LogP contribution in [-0.2, 0) is 5.41 Å². The number of nitrogens with one attached hydrogen (secondary N) is 1. The first-order chi connectivity index (χ1) is 8.20. The standard InChI is InChI=1S/C16H17N/c1-12-6-5-7-13(10-12)16(2)11-17-15-9-4-3-8-14(15)16/h3-10,17H,11H2,1-2H3. The number of anilines is 1. The van der Waals surface area contributed by atoms with Gasteiger partial charge < -0.3 is 5.32 Å². The van der Waals surface area contributed by atoms with Gasteiger partial charge in [-0.15, -0.1) is 0 Å². The summed E-state index contributed by atoms with van der Waals surface area (Å²) in [5.74, 6) is 0. The second kappa shape index (κ2) is 3.63. The minimum Gasteiger partial charge on any atom is -0.384 e.